The van der Waals surface area contributed by atoms with Crippen LogP contribution in [0.25, 0.3) is 0 Å². The van der Waals surface area contributed by atoms with Gasteiger partial charge in [0.05, 0.1) is 26.4 Å². The topological polar surface area (TPSA) is 154 Å². The second-order valence-electron chi connectivity index (χ2n) is 3.39. The quantitative estimate of drug-likeness (QED) is 0.272. The van der Waals surface area contributed by atoms with Crippen molar-refractivity contribution in [2.24, 2.45) is 0 Å². The maximum absolute atomic E-state index is 11.0. The van der Waals surface area contributed by atoms with E-state index in [2.05, 4.69) is 4.74 Å². The van der Waals surface area contributed by atoms with Gasteiger partial charge in [-0.15, -0.1) is 0 Å². The summed E-state index contributed by atoms with van der Waals surface area (Å²) >= 11 is 0. The van der Waals surface area contributed by atoms with Crippen LogP contribution >= 0.6 is 0 Å². The average Bonchev–Trinajstić information content (AvgIpc) is 2.61. The number of urea groups is 1. The molecule has 0 spiro atoms. The molecular weight excluding hydrogens is 264 g/mol. The van der Waals surface area contributed by atoms with Crippen molar-refractivity contribution in [3.63, 3.8) is 0 Å². The van der Waals surface area contributed by atoms with Gasteiger partial charge in [-0.3, -0.25) is 9.80 Å². The SMILES string of the molecule is O=C1N(CO)C(O)C(O)N1CO.OCCOCCO. The molecule has 114 valence electrons. The molecule has 10 heteroatoms. The second kappa shape index (κ2) is 9.86. The lowest BCUT2D eigenvalue weighted by Gasteiger charge is -2.15. The van der Waals surface area contributed by atoms with Crippen molar-refractivity contribution in [3.8, 4) is 0 Å². The Morgan fingerprint density at radius 1 is 0.895 bits per heavy atom. The molecule has 1 rings (SSSR count). The third-order valence-electron chi connectivity index (χ3n) is 2.17. The summed E-state index contributed by atoms with van der Waals surface area (Å²) in [6.45, 7) is -0.706. The lowest BCUT2D eigenvalue weighted by Crippen LogP contribution is -2.37. The number of carbonyl (C=O) groups excluding carboxylic acids is 1. The van der Waals surface area contributed by atoms with Gasteiger partial charge < -0.3 is 35.4 Å². The zero-order chi connectivity index (χ0) is 14.8. The fourth-order valence-electron chi connectivity index (χ4n) is 1.23. The highest BCUT2D eigenvalue weighted by Crippen LogP contribution is 2.17. The number of aliphatic hydroxyl groups excluding tert-OH is 6. The minimum Gasteiger partial charge on any atom is -0.394 e. The first-order valence-corrected chi connectivity index (χ1v) is 5.49. The molecule has 0 aromatic rings. The van der Waals surface area contributed by atoms with Gasteiger partial charge in [0, 0.05) is 0 Å². The van der Waals surface area contributed by atoms with Gasteiger partial charge in [-0.1, -0.05) is 0 Å². The molecule has 1 heterocycles. The van der Waals surface area contributed by atoms with E-state index in [4.69, 9.17) is 30.6 Å². The molecule has 10 nitrogen and oxygen atoms in total. The predicted octanol–water partition coefficient (Wildman–Crippen LogP) is -3.75. The van der Waals surface area contributed by atoms with E-state index < -0.39 is 31.9 Å². The van der Waals surface area contributed by atoms with Gasteiger partial charge >= 0.3 is 6.03 Å². The van der Waals surface area contributed by atoms with Gasteiger partial charge in [0.25, 0.3) is 0 Å². The average molecular weight is 284 g/mol. The van der Waals surface area contributed by atoms with Gasteiger partial charge in [-0.25, -0.2) is 4.79 Å². The zero-order valence-corrected chi connectivity index (χ0v) is 10.3. The first-order valence-electron chi connectivity index (χ1n) is 5.49. The Bertz CT molecular complexity index is 232. The molecule has 1 aliphatic heterocycles. The van der Waals surface area contributed by atoms with Crippen LogP contribution in [0.2, 0.25) is 0 Å². The third-order valence-corrected chi connectivity index (χ3v) is 2.17. The third kappa shape index (κ3) is 5.24. The van der Waals surface area contributed by atoms with Crippen molar-refractivity contribution in [3.05, 3.63) is 0 Å². The standard InChI is InChI=1S/C5H10N2O5.C4H10O3/c8-1-6-3(10)4(11)7(2-9)5(6)12;5-1-3-7-4-2-6/h3-4,8-11H,1-2H2;5-6H,1-4H2. The van der Waals surface area contributed by atoms with Crippen molar-refractivity contribution >= 4 is 6.03 Å². The lowest BCUT2D eigenvalue weighted by atomic mass is 10.5. The van der Waals surface area contributed by atoms with Gasteiger partial charge in [-0.05, 0) is 0 Å². The first-order chi connectivity index (χ1) is 9.04. The van der Waals surface area contributed by atoms with Gasteiger partial charge in [0.2, 0.25) is 0 Å². The van der Waals surface area contributed by atoms with Gasteiger partial charge in [0.15, 0.2) is 12.5 Å². The van der Waals surface area contributed by atoms with Crippen molar-refractivity contribution in [1.82, 2.24) is 9.80 Å². The van der Waals surface area contributed by atoms with Crippen LogP contribution in [-0.4, -0.2) is 98.8 Å². The molecule has 2 amide bonds. The Kier molecular flexibility index (Phi) is 9.34. The molecule has 6 N–H and O–H groups in total. The molecule has 0 radical (unpaired) electrons. The Labute approximate surface area is 109 Å². The number of aliphatic hydroxyl groups is 6. The van der Waals surface area contributed by atoms with E-state index in [9.17, 15) is 4.79 Å². The number of hydrogen-bond donors (Lipinski definition) is 6. The molecule has 2 atom stereocenters. The summed E-state index contributed by atoms with van der Waals surface area (Å²) in [6, 6.07) is -0.806. The molecule has 0 saturated carbocycles. The number of ether oxygens (including phenoxy) is 1. The number of amides is 2. The van der Waals surface area contributed by atoms with Crippen LogP contribution in [0, 0.1) is 0 Å². The van der Waals surface area contributed by atoms with E-state index in [0.29, 0.717) is 23.0 Å². The smallest absolute Gasteiger partial charge is 0.328 e. The summed E-state index contributed by atoms with van der Waals surface area (Å²) in [5.41, 5.74) is 0. The van der Waals surface area contributed by atoms with Crippen molar-refractivity contribution in [2.45, 2.75) is 12.5 Å². The van der Waals surface area contributed by atoms with E-state index in [1.165, 1.54) is 0 Å². The second-order valence-corrected chi connectivity index (χ2v) is 3.39. The lowest BCUT2D eigenvalue weighted by molar-refractivity contribution is -0.0924. The highest BCUT2D eigenvalue weighted by atomic mass is 16.5. The molecule has 0 aromatic carbocycles. The highest BCUT2D eigenvalue weighted by Gasteiger charge is 2.43. The normalized spacial score (nSPS) is 22.5. The van der Waals surface area contributed by atoms with Crippen LogP contribution in [-0.2, 0) is 4.74 Å². The van der Waals surface area contributed by atoms with Crippen LogP contribution in [0.1, 0.15) is 0 Å². The number of rotatable bonds is 6. The predicted molar refractivity (Wildman–Crippen MR) is 60.2 cm³/mol. The Morgan fingerprint density at radius 2 is 1.26 bits per heavy atom. The minimum absolute atomic E-state index is 0.0278. The van der Waals surface area contributed by atoms with Gasteiger partial charge in [-0.2, -0.15) is 0 Å². The molecule has 0 aliphatic carbocycles. The fourth-order valence-corrected chi connectivity index (χ4v) is 1.23. The maximum Gasteiger partial charge on any atom is 0.328 e. The van der Waals surface area contributed by atoms with Crippen LogP contribution in [0.3, 0.4) is 0 Å². The fraction of sp³-hybridized carbons (Fsp3) is 0.889. The van der Waals surface area contributed by atoms with E-state index in [1.807, 2.05) is 0 Å². The minimum atomic E-state index is -1.49. The number of nitrogens with zero attached hydrogens (tertiary/aromatic N) is 2. The summed E-state index contributed by atoms with van der Waals surface area (Å²) in [5.74, 6) is 0. The summed E-state index contributed by atoms with van der Waals surface area (Å²) in [6.07, 6.45) is -2.98. The Morgan fingerprint density at radius 3 is 1.47 bits per heavy atom. The van der Waals surface area contributed by atoms with E-state index in [1.54, 1.807) is 0 Å². The zero-order valence-electron chi connectivity index (χ0n) is 10.3. The molecule has 1 fully saturated rings. The molecule has 0 aromatic heterocycles. The van der Waals surface area contributed by atoms with Gasteiger partial charge in [0.1, 0.15) is 13.5 Å². The summed E-state index contributed by atoms with van der Waals surface area (Å²) < 4.78 is 4.63. The largest absolute Gasteiger partial charge is 0.394 e. The number of hydrogen-bond acceptors (Lipinski definition) is 8. The molecule has 2 unspecified atom stereocenters. The summed E-state index contributed by atoms with van der Waals surface area (Å²) in [7, 11) is 0. The van der Waals surface area contributed by atoms with Crippen LogP contribution in [0.5, 0.6) is 0 Å². The molecule has 0 bridgehead atoms. The molecular formula is C9H20N2O8. The first kappa shape index (κ1) is 18.0. The van der Waals surface area contributed by atoms with Crippen LogP contribution in [0.15, 0.2) is 0 Å². The monoisotopic (exact) mass is 284 g/mol. The summed E-state index contributed by atoms with van der Waals surface area (Å²) in [5, 5.41) is 51.4. The van der Waals surface area contributed by atoms with Crippen LogP contribution < -0.4 is 0 Å². The Hall–Kier alpha value is -1.01. The molecule has 1 aliphatic rings. The van der Waals surface area contributed by atoms with E-state index in [-0.39, 0.29) is 13.2 Å². The van der Waals surface area contributed by atoms with Crippen LogP contribution in [0.4, 0.5) is 4.79 Å². The Balaban J connectivity index is 0.000000399. The summed E-state index contributed by atoms with van der Waals surface area (Å²) in [4.78, 5) is 12.3. The molecule has 19 heavy (non-hydrogen) atoms. The van der Waals surface area contributed by atoms with Crippen molar-refractivity contribution < 1.29 is 40.2 Å². The van der Waals surface area contributed by atoms with Crippen molar-refractivity contribution in [2.75, 3.05) is 39.9 Å². The van der Waals surface area contributed by atoms with Crippen molar-refractivity contribution in [1.29, 1.82) is 0 Å². The van der Waals surface area contributed by atoms with E-state index >= 15 is 0 Å². The maximum atomic E-state index is 11.0. The molecule has 1 saturated heterocycles. The highest BCUT2D eigenvalue weighted by molar-refractivity contribution is 5.76. The van der Waals surface area contributed by atoms with E-state index in [0.717, 1.165) is 0 Å². The number of carbonyl (C=O) groups is 1.